The second-order valence-electron chi connectivity index (χ2n) is 7.32. The van der Waals surface area contributed by atoms with Crippen LogP contribution in [-0.2, 0) is 24.2 Å². The maximum Gasteiger partial charge on any atom is 0.273 e. The van der Waals surface area contributed by atoms with Gasteiger partial charge in [0.15, 0.2) is 0 Å². The van der Waals surface area contributed by atoms with Gasteiger partial charge in [0.05, 0.1) is 19.7 Å². The number of hydrogen-bond donors (Lipinski definition) is 2. The van der Waals surface area contributed by atoms with Crippen molar-refractivity contribution in [2.24, 2.45) is 0 Å². The van der Waals surface area contributed by atoms with E-state index in [0.29, 0.717) is 30.8 Å². The minimum atomic E-state index is -0.227. The van der Waals surface area contributed by atoms with Gasteiger partial charge in [-0.2, -0.15) is 0 Å². The molecule has 2 N–H and O–H groups in total. The van der Waals surface area contributed by atoms with Crippen LogP contribution in [0.25, 0.3) is 0 Å². The van der Waals surface area contributed by atoms with Gasteiger partial charge in [0.1, 0.15) is 17.3 Å². The lowest BCUT2D eigenvalue weighted by Gasteiger charge is -2.26. The van der Waals surface area contributed by atoms with E-state index in [9.17, 15) is 9.59 Å². The van der Waals surface area contributed by atoms with Crippen molar-refractivity contribution >= 4 is 17.5 Å². The molecule has 3 aromatic rings. The Hall–Kier alpha value is -3.61. The predicted molar refractivity (Wildman–Crippen MR) is 114 cm³/mol. The van der Waals surface area contributed by atoms with Crippen LogP contribution in [0.4, 0.5) is 5.69 Å². The second-order valence-corrected chi connectivity index (χ2v) is 7.32. The highest BCUT2D eigenvalue weighted by atomic mass is 16.5. The molecule has 2 aromatic carbocycles. The van der Waals surface area contributed by atoms with Crippen molar-refractivity contribution in [3.63, 3.8) is 0 Å². The molecular formula is C23H24N4O3. The summed E-state index contributed by atoms with van der Waals surface area (Å²) in [5.41, 5.74) is 2.15. The number of nitrogens with one attached hydrogen (secondary N) is 2. The molecule has 7 heteroatoms. The number of ether oxygens (including phenoxy) is 1. The molecule has 1 aliphatic heterocycles. The van der Waals surface area contributed by atoms with Gasteiger partial charge in [-0.15, -0.1) is 0 Å². The fourth-order valence-corrected chi connectivity index (χ4v) is 3.66. The quantitative estimate of drug-likeness (QED) is 0.662. The molecule has 1 atom stereocenters. The van der Waals surface area contributed by atoms with Gasteiger partial charge in [-0.25, -0.2) is 4.98 Å². The highest BCUT2D eigenvalue weighted by molar-refractivity contribution is 6.03. The summed E-state index contributed by atoms with van der Waals surface area (Å²) in [7, 11) is 1.60. The first-order valence-corrected chi connectivity index (χ1v) is 9.95. The van der Waals surface area contributed by atoms with Crippen LogP contribution < -0.4 is 15.4 Å². The number of anilines is 1. The van der Waals surface area contributed by atoms with E-state index >= 15 is 0 Å². The van der Waals surface area contributed by atoms with Crippen LogP contribution in [0.1, 0.15) is 28.3 Å². The summed E-state index contributed by atoms with van der Waals surface area (Å²) >= 11 is 0. The van der Waals surface area contributed by atoms with Gasteiger partial charge >= 0.3 is 0 Å². The zero-order valence-electron chi connectivity index (χ0n) is 16.8. The molecule has 1 aromatic heterocycles. The number of imidazole rings is 1. The van der Waals surface area contributed by atoms with Crippen LogP contribution in [0.2, 0.25) is 0 Å². The van der Waals surface area contributed by atoms with Crippen LogP contribution in [0.3, 0.4) is 0 Å². The molecule has 2 heterocycles. The number of fused-ring (bicyclic) bond motifs is 1. The van der Waals surface area contributed by atoms with Crippen molar-refractivity contribution in [2.45, 2.75) is 31.8 Å². The van der Waals surface area contributed by atoms with Crippen molar-refractivity contribution in [3.8, 4) is 5.75 Å². The van der Waals surface area contributed by atoms with Gasteiger partial charge in [0.2, 0.25) is 5.91 Å². The maximum atomic E-state index is 12.8. The van der Waals surface area contributed by atoms with Gasteiger partial charge in [-0.05, 0) is 36.2 Å². The van der Waals surface area contributed by atoms with E-state index in [0.717, 1.165) is 23.6 Å². The summed E-state index contributed by atoms with van der Waals surface area (Å²) in [6.07, 6.45) is 3.46. The lowest BCUT2D eigenvalue weighted by Crippen LogP contribution is -2.42. The maximum absolute atomic E-state index is 12.8. The van der Waals surface area contributed by atoms with Crippen molar-refractivity contribution in [1.82, 2.24) is 14.9 Å². The third-order valence-electron chi connectivity index (χ3n) is 5.21. The zero-order chi connectivity index (χ0) is 20.9. The van der Waals surface area contributed by atoms with E-state index in [1.165, 1.54) is 0 Å². The number of amides is 2. The van der Waals surface area contributed by atoms with Crippen LogP contribution in [-0.4, -0.2) is 34.5 Å². The molecular weight excluding hydrogens is 380 g/mol. The Morgan fingerprint density at radius 3 is 2.63 bits per heavy atom. The summed E-state index contributed by atoms with van der Waals surface area (Å²) in [5.74, 6) is 1.35. The van der Waals surface area contributed by atoms with Crippen LogP contribution >= 0.6 is 0 Å². The predicted octanol–water partition coefficient (Wildman–Crippen LogP) is 2.82. The highest BCUT2D eigenvalue weighted by Crippen LogP contribution is 2.20. The van der Waals surface area contributed by atoms with Gasteiger partial charge in [0.25, 0.3) is 5.91 Å². The lowest BCUT2D eigenvalue weighted by atomic mass is 10.1. The van der Waals surface area contributed by atoms with Crippen molar-refractivity contribution in [2.75, 3.05) is 12.4 Å². The first-order chi connectivity index (χ1) is 14.6. The first kappa shape index (κ1) is 19.7. The molecule has 0 bridgehead atoms. The van der Waals surface area contributed by atoms with E-state index in [1.807, 2.05) is 34.9 Å². The summed E-state index contributed by atoms with van der Waals surface area (Å²) in [4.78, 5) is 29.6. The van der Waals surface area contributed by atoms with Gasteiger partial charge in [0, 0.05) is 24.7 Å². The molecule has 30 heavy (non-hydrogen) atoms. The van der Waals surface area contributed by atoms with Crippen molar-refractivity contribution in [1.29, 1.82) is 0 Å². The van der Waals surface area contributed by atoms with Crippen LogP contribution in [0.5, 0.6) is 5.75 Å². The van der Waals surface area contributed by atoms with E-state index < -0.39 is 0 Å². The molecule has 7 nitrogen and oxygen atoms in total. The summed E-state index contributed by atoms with van der Waals surface area (Å²) in [6.45, 7) is 0.529. The average molecular weight is 404 g/mol. The molecule has 4 rings (SSSR count). The SMILES string of the molecule is COc1ccc(NC(=O)c2cnc3n2C[C@H](NC(=O)Cc2ccccc2)CC3)cc1. The van der Waals surface area contributed by atoms with Crippen molar-refractivity contribution < 1.29 is 14.3 Å². The number of nitrogens with zero attached hydrogens (tertiary/aromatic N) is 2. The molecule has 0 spiro atoms. The molecule has 0 radical (unpaired) electrons. The summed E-state index contributed by atoms with van der Waals surface area (Å²) in [6, 6.07) is 16.8. The largest absolute Gasteiger partial charge is 0.497 e. The molecule has 1 aliphatic rings. The second kappa shape index (κ2) is 8.82. The summed E-state index contributed by atoms with van der Waals surface area (Å²) in [5, 5.41) is 5.98. The molecule has 0 saturated carbocycles. The standard InChI is InChI=1S/C23H24N4O3/c1-30-19-10-7-17(8-11-19)26-23(29)20-14-24-21-12-9-18(15-27(20)21)25-22(28)13-16-5-3-2-4-6-16/h2-8,10-11,14,18H,9,12-13,15H2,1H3,(H,25,28)(H,26,29)/t18-/m1/s1. The normalized spacial score (nSPS) is 15.2. The van der Waals surface area contributed by atoms with E-state index in [1.54, 1.807) is 37.6 Å². The average Bonchev–Trinajstić information content (AvgIpc) is 3.18. The fourth-order valence-electron chi connectivity index (χ4n) is 3.66. The lowest BCUT2D eigenvalue weighted by molar-refractivity contribution is -0.121. The van der Waals surface area contributed by atoms with Gasteiger partial charge in [-0.3, -0.25) is 9.59 Å². The van der Waals surface area contributed by atoms with Gasteiger partial charge < -0.3 is 19.9 Å². The molecule has 154 valence electrons. The Bertz CT molecular complexity index is 1030. The number of methoxy groups -OCH3 is 1. The Morgan fingerprint density at radius 2 is 1.90 bits per heavy atom. The number of rotatable bonds is 6. The number of aryl methyl sites for hydroxylation is 1. The molecule has 0 aliphatic carbocycles. The third kappa shape index (κ3) is 4.51. The van der Waals surface area contributed by atoms with Gasteiger partial charge in [-0.1, -0.05) is 30.3 Å². The third-order valence-corrected chi connectivity index (χ3v) is 5.21. The smallest absolute Gasteiger partial charge is 0.273 e. The minimum absolute atomic E-state index is 0.0148. The number of benzene rings is 2. The van der Waals surface area contributed by atoms with E-state index in [2.05, 4.69) is 15.6 Å². The van der Waals surface area contributed by atoms with E-state index in [-0.39, 0.29) is 17.9 Å². The number of hydrogen-bond acceptors (Lipinski definition) is 4. The molecule has 0 saturated heterocycles. The molecule has 0 unspecified atom stereocenters. The van der Waals surface area contributed by atoms with E-state index in [4.69, 9.17) is 4.74 Å². The molecule has 0 fully saturated rings. The molecule has 2 amide bonds. The Labute approximate surface area is 175 Å². The number of carbonyl (C=O) groups is 2. The Kier molecular flexibility index (Phi) is 5.79. The highest BCUT2D eigenvalue weighted by Gasteiger charge is 2.25. The number of aromatic nitrogens is 2. The zero-order valence-corrected chi connectivity index (χ0v) is 16.8. The van der Waals surface area contributed by atoms with Crippen LogP contribution in [0.15, 0.2) is 60.8 Å². The monoisotopic (exact) mass is 404 g/mol. The first-order valence-electron chi connectivity index (χ1n) is 9.95. The van der Waals surface area contributed by atoms with Crippen molar-refractivity contribution in [3.05, 3.63) is 77.9 Å². The Balaban J connectivity index is 1.40. The van der Waals surface area contributed by atoms with Crippen LogP contribution in [0, 0.1) is 0 Å². The Morgan fingerprint density at radius 1 is 1.13 bits per heavy atom. The minimum Gasteiger partial charge on any atom is -0.497 e. The summed E-state index contributed by atoms with van der Waals surface area (Å²) < 4.78 is 7.04. The number of carbonyl (C=O) groups excluding carboxylic acids is 2. The fraction of sp³-hybridized carbons (Fsp3) is 0.261. The topological polar surface area (TPSA) is 85.2 Å².